The Hall–Kier alpha value is -1.76. The first-order valence-corrected chi connectivity index (χ1v) is 8.59. The van der Waals surface area contributed by atoms with Crippen molar-refractivity contribution in [1.29, 1.82) is 0 Å². The van der Waals surface area contributed by atoms with E-state index in [-0.39, 0.29) is 12.1 Å². The summed E-state index contributed by atoms with van der Waals surface area (Å²) >= 11 is 0. The molecule has 0 bridgehead atoms. The van der Waals surface area contributed by atoms with Crippen molar-refractivity contribution in [3.05, 3.63) is 36.2 Å². The molecular weight excluding hydrogens is 304 g/mol. The molecule has 6 heteroatoms. The predicted octanol–water partition coefficient (Wildman–Crippen LogP) is 2.18. The van der Waals surface area contributed by atoms with E-state index in [4.69, 9.17) is 4.42 Å². The van der Waals surface area contributed by atoms with Gasteiger partial charge in [0.25, 0.3) is 0 Å². The predicted molar refractivity (Wildman–Crippen MR) is 92.4 cm³/mol. The van der Waals surface area contributed by atoms with E-state index in [1.807, 2.05) is 37.3 Å². The summed E-state index contributed by atoms with van der Waals surface area (Å²) < 4.78 is 5.89. The average Bonchev–Trinajstić information content (AvgIpc) is 3.06. The minimum atomic E-state index is -0.291. The molecule has 130 valence electrons. The van der Waals surface area contributed by atoms with Crippen molar-refractivity contribution in [2.45, 2.75) is 39.0 Å². The summed E-state index contributed by atoms with van der Waals surface area (Å²) in [5, 5.41) is 18.0. The number of hydrogen-bond acceptors (Lipinski definition) is 6. The fourth-order valence-electron chi connectivity index (χ4n) is 3.24. The van der Waals surface area contributed by atoms with Gasteiger partial charge in [0.05, 0.1) is 12.1 Å². The van der Waals surface area contributed by atoms with Gasteiger partial charge in [-0.2, -0.15) is 0 Å². The molecule has 0 spiro atoms. The number of rotatable bonds is 5. The zero-order chi connectivity index (χ0) is 17.1. The van der Waals surface area contributed by atoms with Crippen LogP contribution in [0.25, 0.3) is 11.5 Å². The van der Waals surface area contributed by atoms with E-state index in [1.165, 1.54) is 0 Å². The molecular formula is C18H26N4O2. The van der Waals surface area contributed by atoms with Gasteiger partial charge in [0.1, 0.15) is 0 Å². The molecule has 0 unspecified atom stereocenters. The Bertz CT molecular complexity index is 643. The topological polar surface area (TPSA) is 65.6 Å². The molecule has 6 nitrogen and oxygen atoms in total. The normalized spacial score (nSPS) is 22.4. The number of aliphatic hydroxyl groups is 1. The van der Waals surface area contributed by atoms with Gasteiger partial charge in [-0.15, -0.1) is 10.2 Å². The van der Waals surface area contributed by atoms with Crippen molar-refractivity contribution < 1.29 is 9.52 Å². The smallest absolute Gasteiger partial charge is 0.247 e. The van der Waals surface area contributed by atoms with E-state index in [1.54, 1.807) is 0 Å². The minimum absolute atomic E-state index is 0.0890. The Morgan fingerprint density at radius 3 is 2.62 bits per heavy atom. The van der Waals surface area contributed by atoms with Crippen LogP contribution in [0.1, 0.15) is 32.7 Å². The molecule has 1 N–H and O–H groups in total. The number of aliphatic hydroxyl groups excluding tert-OH is 1. The highest BCUT2D eigenvalue weighted by Crippen LogP contribution is 2.25. The van der Waals surface area contributed by atoms with Crippen LogP contribution in [-0.4, -0.2) is 63.4 Å². The molecule has 3 atom stereocenters. The maximum atomic E-state index is 9.60. The van der Waals surface area contributed by atoms with Gasteiger partial charge in [-0.05, 0) is 32.9 Å². The summed E-state index contributed by atoms with van der Waals surface area (Å²) in [6.07, 6.45) is -0.291. The summed E-state index contributed by atoms with van der Waals surface area (Å²) in [6, 6.07) is 10.3. The summed E-state index contributed by atoms with van der Waals surface area (Å²) in [4.78, 5) is 4.70. The first kappa shape index (κ1) is 17.1. The molecule has 2 aromatic rings. The summed E-state index contributed by atoms with van der Waals surface area (Å²) in [7, 11) is 0. The van der Waals surface area contributed by atoms with Crippen LogP contribution in [0.5, 0.6) is 0 Å². The molecule has 0 radical (unpaired) electrons. The minimum Gasteiger partial charge on any atom is -0.419 e. The Morgan fingerprint density at radius 2 is 1.96 bits per heavy atom. The lowest BCUT2D eigenvalue weighted by Gasteiger charge is -2.42. The molecule has 1 aromatic carbocycles. The Labute approximate surface area is 143 Å². The maximum Gasteiger partial charge on any atom is 0.247 e. The first-order chi connectivity index (χ1) is 11.5. The van der Waals surface area contributed by atoms with Crippen molar-refractivity contribution >= 4 is 0 Å². The Morgan fingerprint density at radius 1 is 1.21 bits per heavy atom. The quantitative estimate of drug-likeness (QED) is 0.906. The summed E-state index contributed by atoms with van der Waals surface area (Å²) in [5.74, 6) is 1.23. The van der Waals surface area contributed by atoms with Crippen LogP contribution in [0.15, 0.2) is 34.7 Å². The lowest BCUT2D eigenvalue weighted by Crippen LogP contribution is -2.53. The van der Waals surface area contributed by atoms with Crippen molar-refractivity contribution in [3.63, 3.8) is 0 Å². The van der Waals surface area contributed by atoms with E-state index in [0.717, 1.165) is 31.7 Å². The van der Waals surface area contributed by atoms with Gasteiger partial charge in [0.2, 0.25) is 11.8 Å². The molecule has 0 saturated carbocycles. The van der Waals surface area contributed by atoms with E-state index in [9.17, 15) is 5.11 Å². The highest BCUT2D eigenvalue weighted by molar-refractivity contribution is 5.51. The molecule has 2 heterocycles. The molecule has 1 aliphatic heterocycles. The third-order valence-electron chi connectivity index (χ3n) is 4.66. The van der Waals surface area contributed by atoms with Crippen LogP contribution >= 0.6 is 0 Å². The molecule has 0 amide bonds. The second-order valence-electron chi connectivity index (χ2n) is 6.68. The number of aromatic nitrogens is 2. The van der Waals surface area contributed by atoms with E-state index in [2.05, 4.69) is 33.8 Å². The molecule has 1 aromatic heterocycles. The van der Waals surface area contributed by atoms with Gasteiger partial charge in [-0.3, -0.25) is 9.80 Å². The summed E-state index contributed by atoms with van der Waals surface area (Å²) in [6.45, 7) is 9.67. The van der Waals surface area contributed by atoms with Crippen LogP contribution in [0.3, 0.4) is 0 Å². The third-order valence-corrected chi connectivity index (χ3v) is 4.66. The second kappa shape index (κ2) is 7.42. The van der Waals surface area contributed by atoms with Gasteiger partial charge >= 0.3 is 0 Å². The molecule has 0 aliphatic carbocycles. The molecule has 1 fully saturated rings. The summed E-state index contributed by atoms with van der Waals surface area (Å²) in [5.41, 5.74) is 0.943. The third kappa shape index (κ3) is 3.83. The number of nitrogens with zero attached hydrogens (tertiary/aromatic N) is 4. The largest absolute Gasteiger partial charge is 0.419 e. The van der Waals surface area contributed by atoms with Crippen LogP contribution in [-0.2, 0) is 0 Å². The van der Waals surface area contributed by atoms with Gasteiger partial charge in [-0.1, -0.05) is 18.2 Å². The second-order valence-corrected chi connectivity index (χ2v) is 6.68. The monoisotopic (exact) mass is 330 g/mol. The standard InChI is InChI=1S/C18H26N4O2/c1-13-11-22(10-9-21(13)12-14(2)23)15(3)17-19-20-18(24-17)16-7-5-4-6-8-16/h4-8,13-15,23H,9-12H2,1-3H3/t13-,14+,15-/m1/s1. The zero-order valence-corrected chi connectivity index (χ0v) is 14.6. The Balaban J connectivity index is 1.65. The van der Waals surface area contributed by atoms with Crippen LogP contribution in [0.4, 0.5) is 0 Å². The highest BCUT2D eigenvalue weighted by Gasteiger charge is 2.30. The SMILES string of the molecule is C[C@H](O)CN1CCN([C@H](C)c2nnc(-c3ccccc3)o2)C[C@H]1C. The maximum absolute atomic E-state index is 9.60. The van der Waals surface area contributed by atoms with Crippen molar-refractivity contribution in [2.75, 3.05) is 26.2 Å². The molecule has 1 aliphatic rings. The lowest BCUT2D eigenvalue weighted by molar-refractivity contribution is 0.0257. The van der Waals surface area contributed by atoms with E-state index >= 15 is 0 Å². The van der Waals surface area contributed by atoms with Crippen LogP contribution in [0.2, 0.25) is 0 Å². The van der Waals surface area contributed by atoms with Gasteiger partial charge < -0.3 is 9.52 Å². The fraction of sp³-hybridized carbons (Fsp3) is 0.556. The number of benzene rings is 1. The average molecular weight is 330 g/mol. The van der Waals surface area contributed by atoms with Crippen LogP contribution < -0.4 is 0 Å². The van der Waals surface area contributed by atoms with E-state index < -0.39 is 0 Å². The van der Waals surface area contributed by atoms with Gasteiger partial charge in [0.15, 0.2) is 0 Å². The molecule has 3 rings (SSSR count). The zero-order valence-electron chi connectivity index (χ0n) is 14.6. The Kier molecular flexibility index (Phi) is 5.28. The molecule has 24 heavy (non-hydrogen) atoms. The lowest BCUT2D eigenvalue weighted by atomic mass is 10.1. The fourth-order valence-corrected chi connectivity index (χ4v) is 3.24. The number of piperazine rings is 1. The van der Waals surface area contributed by atoms with Crippen molar-refractivity contribution in [3.8, 4) is 11.5 Å². The molecule has 1 saturated heterocycles. The van der Waals surface area contributed by atoms with Gasteiger partial charge in [0, 0.05) is 37.8 Å². The van der Waals surface area contributed by atoms with Crippen molar-refractivity contribution in [2.24, 2.45) is 0 Å². The van der Waals surface area contributed by atoms with E-state index in [0.29, 0.717) is 17.8 Å². The van der Waals surface area contributed by atoms with Crippen LogP contribution in [0, 0.1) is 0 Å². The highest BCUT2D eigenvalue weighted by atomic mass is 16.4. The number of β-amino-alcohol motifs (C(OH)–C–C–N with tert-alkyl or cyclic N) is 1. The van der Waals surface area contributed by atoms with Crippen molar-refractivity contribution in [1.82, 2.24) is 20.0 Å². The first-order valence-electron chi connectivity index (χ1n) is 8.59. The van der Waals surface area contributed by atoms with Gasteiger partial charge in [-0.25, -0.2) is 0 Å². The number of hydrogen-bond donors (Lipinski definition) is 1.